The Kier molecular flexibility index (Phi) is 7.22. The largest absolute Gasteiger partial charge is 0.368 e. The monoisotopic (exact) mass is 429 g/mol. The third-order valence-electron chi connectivity index (χ3n) is 3.58. The molecular formula is C19H17F2N7OS. The molecule has 3 aromatic rings. The van der Waals surface area contributed by atoms with Gasteiger partial charge in [-0.05, 0) is 18.2 Å². The van der Waals surface area contributed by atoms with Gasteiger partial charge in [0.25, 0.3) is 0 Å². The molecule has 11 heteroatoms. The van der Waals surface area contributed by atoms with Crippen molar-refractivity contribution in [2.75, 3.05) is 16.8 Å². The Labute approximate surface area is 175 Å². The molecule has 2 aromatic carbocycles. The van der Waals surface area contributed by atoms with Crippen molar-refractivity contribution in [3.63, 3.8) is 0 Å². The normalized spacial score (nSPS) is 10.9. The van der Waals surface area contributed by atoms with E-state index in [9.17, 15) is 13.6 Å². The van der Waals surface area contributed by atoms with Gasteiger partial charge in [-0.2, -0.15) is 20.1 Å². The van der Waals surface area contributed by atoms with Crippen molar-refractivity contribution in [2.24, 2.45) is 5.10 Å². The molecule has 3 rings (SSSR count). The van der Waals surface area contributed by atoms with Gasteiger partial charge in [0.1, 0.15) is 17.5 Å². The fourth-order valence-electron chi connectivity index (χ4n) is 2.26. The molecule has 0 radical (unpaired) electrons. The summed E-state index contributed by atoms with van der Waals surface area (Å²) in [5.74, 6) is -0.537. The standard InChI is InChI=1S/C19H17F2N7OS/c20-13-6-2-1-5-12(13)9-23-28-17(29)11-30-10-16-25-18(22)27-19(26-16)24-15-8-4-3-7-14(15)21/h1-9H,10-11H2,(H,28,29)(H3,22,24,25,26,27)/b23-9+. The van der Waals surface area contributed by atoms with Gasteiger partial charge in [-0.3, -0.25) is 4.79 Å². The van der Waals surface area contributed by atoms with Gasteiger partial charge in [0.15, 0.2) is 0 Å². The van der Waals surface area contributed by atoms with Crippen LogP contribution in [0, 0.1) is 11.6 Å². The number of hydrogen-bond donors (Lipinski definition) is 3. The van der Waals surface area contributed by atoms with Crippen LogP contribution in [0.15, 0.2) is 53.6 Å². The fraction of sp³-hybridized carbons (Fsp3) is 0.105. The summed E-state index contributed by atoms with van der Waals surface area (Å²) in [6, 6.07) is 12.1. The van der Waals surface area contributed by atoms with Crippen LogP contribution in [0.25, 0.3) is 0 Å². The van der Waals surface area contributed by atoms with Crippen molar-refractivity contribution in [2.45, 2.75) is 5.75 Å². The van der Waals surface area contributed by atoms with Crippen molar-refractivity contribution >= 4 is 41.5 Å². The van der Waals surface area contributed by atoms with Gasteiger partial charge in [0.05, 0.1) is 23.4 Å². The Bertz CT molecular complexity index is 1060. The Morgan fingerprint density at radius 2 is 1.80 bits per heavy atom. The number of aromatic nitrogens is 3. The third-order valence-corrected chi connectivity index (χ3v) is 4.51. The number of amides is 1. The molecule has 0 aliphatic carbocycles. The van der Waals surface area contributed by atoms with Gasteiger partial charge in [-0.1, -0.05) is 30.3 Å². The van der Waals surface area contributed by atoms with E-state index >= 15 is 0 Å². The van der Waals surface area contributed by atoms with Crippen molar-refractivity contribution in [3.05, 3.63) is 71.6 Å². The van der Waals surface area contributed by atoms with Crippen LogP contribution in [-0.2, 0) is 10.5 Å². The molecule has 1 heterocycles. The van der Waals surface area contributed by atoms with E-state index in [1.54, 1.807) is 24.3 Å². The highest BCUT2D eigenvalue weighted by molar-refractivity contribution is 7.99. The van der Waals surface area contributed by atoms with Crippen LogP contribution in [-0.4, -0.2) is 32.8 Å². The topological polar surface area (TPSA) is 118 Å². The summed E-state index contributed by atoms with van der Waals surface area (Å²) >= 11 is 1.22. The van der Waals surface area contributed by atoms with Gasteiger partial charge in [-0.25, -0.2) is 14.2 Å². The quantitative estimate of drug-likeness (QED) is 0.372. The van der Waals surface area contributed by atoms with E-state index in [0.717, 1.165) is 0 Å². The highest BCUT2D eigenvalue weighted by atomic mass is 32.2. The minimum atomic E-state index is -0.458. The zero-order valence-corrected chi connectivity index (χ0v) is 16.4. The molecule has 0 unspecified atom stereocenters. The number of thioether (sulfide) groups is 1. The number of nitrogens with zero attached hydrogens (tertiary/aromatic N) is 4. The number of nitrogens with one attached hydrogen (secondary N) is 2. The number of hydrogen-bond acceptors (Lipinski definition) is 8. The molecule has 0 fully saturated rings. The number of anilines is 3. The Morgan fingerprint density at radius 1 is 1.07 bits per heavy atom. The van der Waals surface area contributed by atoms with E-state index in [0.29, 0.717) is 5.82 Å². The SMILES string of the molecule is Nc1nc(CSCC(=O)N/N=C/c2ccccc2F)nc(Nc2ccccc2F)n1. The van der Waals surface area contributed by atoms with Crippen molar-refractivity contribution in [1.82, 2.24) is 20.4 Å². The third kappa shape index (κ3) is 6.21. The molecule has 154 valence electrons. The molecule has 0 aliphatic rings. The van der Waals surface area contributed by atoms with Crippen LogP contribution >= 0.6 is 11.8 Å². The lowest BCUT2D eigenvalue weighted by Crippen LogP contribution is -2.20. The molecule has 1 amide bonds. The maximum atomic E-state index is 13.8. The first-order valence-corrected chi connectivity index (χ1v) is 9.83. The first-order valence-electron chi connectivity index (χ1n) is 8.67. The second kappa shape index (κ2) is 10.3. The maximum absolute atomic E-state index is 13.8. The number of nitrogens with two attached hydrogens (primary N) is 1. The summed E-state index contributed by atoms with van der Waals surface area (Å²) in [5, 5.41) is 6.47. The average molecular weight is 429 g/mol. The summed E-state index contributed by atoms with van der Waals surface area (Å²) in [6.45, 7) is 0. The maximum Gasteiger partial charge on any atom is 0.250 e. The van der Waals surface area contributed by atoms with E-state index in [1.165, 1.54) is 42.2 Å². The minimum Gasteiger partial charge on any atom is -0.368 e. The molecule has 4 N–H and O–H groups in total. The van der Waals surface area contributed by atoms with E-state index in [-0.39, 0.29) is 40.6 Å². The number of hydrazone groups is 1. The van der Waals surface area contributed by atoms with Crippen molar-refractivity contribution in [3.8, 4) is 0 Å². The molecule has 1 aromatic heterocycles. The highest BCUT2D eigenvalue weighted by Gasteiger charge is 2.09. The van der Waals surface area contributed by atoms with Gasteiger partial charge >= 0.3 is 0 Å². The Morgan fingerprint density at radius 3 is 2.57 bits per heavy atom. The number of carbonyl (C=O) groups excluding carboxylic acids is 1. The first kappa shape index (κ1) is 21.1. The molecule has 0 aliphatic heterocycles. The summed E-state index contributed by atoms with van der Waals surface area (Å²) in [7, 11) is 0. The number of halogens is 2. The van der Waals surface area contributed by atoms with Gasteiger partial charge in [0, 0.05) is 5.56 Å². The van der Waals surface area contributed by atoms with E-state index in [4.69, 9.17) is 5.73 Å². The lowest BCUT2D eigenvalue weighted by molar-refractivity contribution is -0.118. The van der Waals surface area contributed by atoms with E-state index in [1.807, 2.05) is 0 Å². The summed E-state index contributed by atoms with van der Waals surface area (Å²) in [6.07, 6.45) is 1.23. The van der Waals surface area contributed by atoms with E-state index < -0.39 is 11.6 Å². The predicted molar refractivity (Wildman–Crippen MR) is 112 cm³/mol. The number of carbonyl (C=O) groups is 1. The smallest absolute Gasteiger partial charge is 0.250 e. The average Bonchev–Trinajstić information content (AvgIpc) is 2.71. The number of para-hydroxylation sites is 1. The zero-order valence-electron chi connectivity index (χ0n) is 15.5. The lowest BCUT2D eigenvalue weighted by Gasteiger charge is -2.08. The van der Waals surface area contributed by atoms with Crippen molar-refractivity contribution < 1.29 is 13.6 Å². The van der Waals surface area contributed by atoms with Crippen LogP contribution in [0.3, 0.4) is 0 Å². The van der Waals surface area contributed by atoms with Gasteiger partial charge in [-0.15, -0.1) is 11.8 Å². The molecule has 8 nitrogen and oxygen atoms in total. The summed E-state index contributed by atoms with van der Waals surface area (Å²) < 4.78 is 27.2. The summed E-state index contributed by atoms with van der Waals surface area (Å²) in [5.41, 5.74) is 8.47. The van der Waals surface area contributed by atoms with Crippen molar-refractivity contribution in [1.29, 1.82) is 0 Å². The Hall–Kier alpha value is -3.60. The molecule has 0 saturated heterocycles. The first-order chi connectivity index (χ1) is 14.5. The number of benzene rings is 2. The molecular weight excluding hydrogens is 412 g/mol. The molecule has 0 bridgehead atoms. The zero-order chi connectivity index (χ0) is 21.3. The van der Waals surface area contributed by atoms with Gasteiger partial charge in [0.2, 0.25) is 17.8 Å². The van der Waals surface area contributed by atoms with E-state index in [2.05, 4.69) is 30.8 Å². The minimum absolute atomic E-state index is 0.0293. The Balaban J connectivity index is 1.51. The summed E-state index contributed by atoms with van der Waals surface area (Å²) in [4.78, 5) is 24.0. The lowest BCUT2D eigenvalue weighted by atomic mass is 10.2. The molecule has 0 atom stereocenters. The molecule has 0 saturated carbocycles. The number of rotatable bonds is 8. The highest BCUT2D eigenvalue weighted by Crippen LogP contribution is 2.18. The second-order valence-electron chi connectivity index (χ2n) is 5.85. The van der Waals surface area contributed by atoms with Crippen LogP contribution in [0.2, 0.25) is 0 Å². The number of nitrogen functional groups attached to an aromatic ring is 1. The van der Waals surface area contributed by atoms with Crippen LogP contribution in [0.5, 0.6) is 0 Å². The van der Waals surface area contributed by atoms with Crippen LogP contribution < -0.4 is 16.5 Å². The molecule has 30 heavy (non-hydrogen) atoms. The predicted octanol–water partition coefficient (Wildman–Crippen LogP) is 2.86. The van der Waals surface area contributed by atoms with Gasteiger partial charge < -0.3 is 11.1 Å². The second-order valence-corrected chi connectivity index (χ2v) is 6.83. The van der Waals surface area contributed by atoms with Crippen LogP contribution in [0.4, 0.5) is 26.4 Å². The van der Waals surface area contributed by atoms with Crippen LogP contribution in [0.1, 0.15) is 11.4 Å². The fourth-order valence-corrected chi connectivity index (χ4v) is 2.93. The molecule has 0 spiro atoms.